The zero-order valence-electron chi connectivity index (χ0n) is 9.22. The Hall–Kier alpha value is -0.0500. The molecule has 3 heteroatoms. The number of rotatable bonds is 4. The fraction of sp³-hybridized carbons (Fsp3) is 0.818. The first kappa shape index (κ1) is 12.0. The van der Waals surface area contributed by atoms with E-state index in [0.29, 0.717) is 5.54 Å². The molecule has 0 saturated carbocycles. The predicted molar refractivity (Wildman–Crippen MR) is 62.7 cm³/mol. The van der Waals surface area contributed by atoms with Crippen LogP contribution in [-0.2, 0) is 0 Å². The van der Waals surface area contributed by atoms with Crippen molar-refractivity contribution in [2.45, 2.75) is 32.2 Å². The van der Waals surface area contributed by atoms with E-state index in [-0.39, 0.29) is 0 Å². The van der Waals surface area contributed by atoms with Crippen LogP contribution < -0.4 is 5.32 Å². The molecule has 1 heterocycles. The van der Waals surface area contributed by atoms with Crippen molar-refractivity contribution in [3.05, 3.63) is 11.6 Å². The van der Waals surface area contributed by atoms with Gasteiger partial charge in [-0.15, -0.1) is 0 Å². The normalized spacial score (nSPS) is 23.1. The fourth-order valence-corrected chi connectivity index (χ4v) is 2.36. The highest BCUT2D eigenvalue weighted by Crippen LogP contribution is 2.25. The third-order valence-electron chi connectivity index (χ3n) is 3.41. The third-order valence-corrected chi connectivity index (χ3v) is 3.59. The Kier molecular flexibility index (Phi) is 4.93. The van der Waals surface area contributed by atoms with Crippen LogP contribution in [0.3, 0.4) is 0 Å². The van der Waals surface area contributed by atoms with E-state index >= 15 is 0 Å². The molecule has 14 heavy (non-hydrogen) atoms. The summed E-state index contributed by atoms with van der Waals surface area (Å²) in [7, 11) is 0. The number of halogens is 1. The summed E-state index contributed by atoms with van der Waals surface area (Å²) in [6, 6.07) is 0. The van der Waals surface area contributed by atoms with E-state index < -0.39 is 0 Å². The summed E-state index contributed by atoms with van der Waals surface area (Å²) < 4.78 is 0. The summed E-state index contributed by atoms with van der Waals surface area (Å²) in [5.74, 6) is 0. The number of hydrogen-bond donors (Lipinski definition) is 1. The topological polar surface area (TPSA) is 15.3 Å². The molecule has 1 aliphatic heterocycles. The second kappa shape index (κ2) is 5.74. The maximum atomic E-state index is 5.58. The lowest BCUT2D eigenvalue weighted by atomic mass is 9.88. The van der Waals surface area contributed by atoms with Crippen molar-refractivity contribution in [1.82, 2.24) is 10.2 Å². The van der Waals surface area contributed by atoms with Gasteiger partial charge in [0.05, 0.1) is 0 Å². The van der Waals surface area contributed by atoms with Gasteiger partial charge >= 0.3 is 0 Å². The molecule has 0 unspecified atom stereocenters. The molecule has 0 radical (unpaired) electrons. The zero-order valence-corrected chi connectivity index (χ0v) is 9.98. The van der Waals surface area contributed by atoms with Gasteiger partial charge in [-0.05, 0) is 12.8 Å². The molecule has 0 aliphatic carbocycles. The van der Waals surface area contributed by atoms with E-state index in [1.54, 1.807) is 5.54 Å². The molecule has 0 atom stereocenters. The van der Waals surface area contributed by atoms with Gasteiger partial charge in [-0.25, -0.2) is 0 Å². The van der Waals surface area contributed by atoms with Crippen LogP contribution >= 0.6 is 11.6 Å². The minimum atomic E-state index is 0.342. The van der Waals surface area contributed by atoms with Gasteiger partial charge in [0.15, 0.2) is 0 Å². The van der Waals surface area contributed by atoms with Crippen LogP contribution in [0.1, 0.15) is 26.7 Å². The maximum absolute atomic E-state index is 5.58. The van der Waals surface area contributed by atoms with Crippen molar-refractivity contribution in [2.24, 2.45) is 0 Å². The van der Waals surface area contributed by atoms with Crippen molar-refractivity contribution < 1.29 is 0 Å². The van der Waals surface area contributed by atoms with Crippen molar-refractivity contribution in [1.29, 1.82) is 0 Å². The lowest BCUT2D eigenvalue weighted by Crippen LogP contribution is -2.60. The lowest BCUT2D eigenvalue weighted by Gasteiger charge is -2.46. The standard InChI is InChI=1S/C11H21ClN2/c1-3-11(4-2)10-13-7-9-14(11)8-5-6-12/h5-6,13H,3-4,7-10H2,1-2H3/b6-5+. The van der Waals surface area contributed by atoms with Gasteiger partial charge in [0.1, 0.15) is 0 Å². The molecule has 1 saturated heterocycles. The SMILES string of the molecule is CCC1(CC)CNCCN1C/C=C/Cl. The van der Waals surface area contributed by atoms with E-state index in [4.69, 9.17) is 11.6 Å². The first-order valence-corrected chi connectivity index (χ1v) is 5.93. The van der Waals surface area contributed by atoms with E-state index in [0.717, 1.165) is 26.2 Å². The average Bonchev–Trinajstić information content (AvgIpc) is 2.26. The maximum Gasteiger partial charge on any atom is 0.0332 e. The van der Waals surface area contributed by atoms with Crippen LogP contribution in [0.15, 0.2) is 11.6 Å². The minimum Gasteiger partial charge on any atom is -0.314 e. The molecule has 1 fully saturated rings. The van der Waals surface area contributed by atoms with Crippen LogP contribution in [0, 0.1) is 0 Å². The first-order chi connectivity index (χ1) is 6.79. The van der Waals surface area contributed by atoms with Crippen LogP contribution in [0.4, 0.5) is 0 Å². The Morgan fingerprint density at radius 1 is 1.43 bits per heavy atom. The molecule has 0 bridgehead atoms. The fourth-order valence-electron chi connectivity index (χ4n) is 2.28. The highest BCUT2D eigenvalue weighted by atomic mass is 35.5. The highest BCUT2D eigenvalue weighted by molar-refractivity contribution is 6.25. The largest absolute Gasteiger partial charge is 0.314 e. The summed E-state index contributed by atoms with van der Waals surface area (Å²) in [5.41, 5.74) is 1.97. The molecule has 2 nitrogen and oxygen atoms in total. The van der Waals surface area contributed by atoms with Gasteiger partial charge in [0.2, 0.25) is 0 Å². The second-order valence-corrected chi connectivity index (χ2v) is 4.17. The van der Waals surface area contributed by atoms with E-state index in [1.807, 2.05) is 6.08 Å². The van der Waals surface area contributed by atoms with Crippen LogP contribution in [0.5, 0.6) is 0 Å². The summed E-state index contributed by atoms with van der Waals surface area (Å²) in [6.45, 7) is 8.85. The Balaban J connectivity index is 2.65. The van der Waals surface area contributed by atoms with Crippen LogP contribution in [-0.4, -0.2) is 36.6 Å². The molecule has 0 aromatic heterocycles. The van der Waals surface area contributed by atoms with Gasteiger partial charge in [-0.2, -0.15) is 0 Å². The number of nitrogens with one attached hydrogen (secondary N) is 1. The van der Waals surface area contributed by atoms with Crippen molar-refractivity contribution in [3.8, 4) is 0 Å². The average molecular weight is 217 g/mol. The zero-order chi connectivity index (χ0) is 10.4. The van der Waals surface area contributed by atoms with Crippen LogP contribution in [0.2, 0.25) is 0 Å². The Morgan fingerprint density at radius 3 is 2.71 bits per heavy atom. The first-order valence-electron chi connectivity index (χ1n) is 5.50. The number of nitrogens with zero attached hydrogens (tertiary/aromatic N) is 1. The molecule has 1 N–H and O–H groups in total. The smallest absolute Gasteiger partial charge is 0.0332 e. The molecule has 0 aromatic carbocycles. The van der Waals surface area contributed by atoms with Crippen molar-refractivity contribution in [3.63, 3.8) is 0 Å². The van der Waals surface area contributed by atoms with E-state index in [2.05, 4.69) is 24.1 Å². The second-order valence-electron chi connectivity index (χ2n) is 3.92. The van der Waals surface area contributed by atoms with Crippen molar-refractivity contribution >= 4 is 11.6 Å². The van der Waals surface area contributed by atoms with Gasteiger partial charge in [0, 0.05) is 37.3 Å². The molecular weight excluding hydrogens is 196 g/mol. The van der Waals surface area contributed by atoms with Crippen molar-refractivity contribution in [2.75, 3.05) is 26.2 Å². The molecule has 82 valence electrons. The van der Waals surface area contributed by atoms with E-state index in [9.17, 15) is 0 Å². The van der Waals surface area contributed by atoms with E-state index in [1.165, 1.54) is 12.8 Å². The molecule has 1 rings (SSSR count). The molecule has 0 aromatic rings. The summed E-state index contributed by atoms with van der Waals surface area (Å²) >= 11 is 5.58. The quantitative estimate of drug-likeness (QED) is 0.775. The minimum absolute atomic E-state index is 0.342. The predicted octanol–water partition coefficient (Wildman–Crippen LogP) is 2.20. The van der Waals surface area contributed by atoms with Crippen LogP contribution in [0.25, 0.3) is 0 Å². The Labute approximate surface area is 92.3 Å². The monoisotopic (exact) mass is 216 g/mol. The Bertz CT molecular complexity index is 188. The summed E-state index contributed by atoms with van der Waals surface area (Å²) in [5, 5.41) is 3.49. The molecule has 0 amide bonds. The molecule has 1 aliphatic rings. The summed E-state index contributed by atoms with van der Waals surface area (Å²) in [6.07, 6.45) is 4.44. The molecule has 0 spiro atoms. The van der Waals surface area contributed by atoms with Gasteiger partial charge in [-0.3, -0.25) is 4.90 Å². The summed E-state index contributed by atoms with van der Waals surface area (Å²) in [4.78, 5) is 2.54. The Morgan fingerprint density at radius 2 is 2.14 bits per heavy atom. The number of piperazine rings is 1. The van der Waals surface area contributed by atoms with Gasteiger partial charge in [-0.1, -0.05) is 31.5 Å². The van der Waals surface area contributed by atoms with Gasteiger partial charge < -0.3 is 5.32 Å². The lowest BCUT2D eigenvalue weighted by molar-refractivity contribution is 0.0640. The molecular formula is C11H21ClN2. The number of hydrogen-bond acceptors (Lipinski definition) is 2. The highest BCUT2D eigenvalue weighted by Gasteiger charge is 2.34. The van der Waals surface area contributed by atoms with Gasteiger partial charge in [0.25, 0.3) is 0 Å². The third kappa shape index (κ3) is 2.50.